The van der Waals surface area contributed by atoms with E-state index in [9.17, 15) is 4.79 Å². The van der Waals surface area contributed by atoms with Crippen molar-refractivity contribution in [3.8, 4) is 11.5 Å². The predicted octanol–water partition coefficient (Wildman–Crippen LogP) is 3.82. The third-order valence-electron chi connectivity index (χ3n) is 4.30. The summed E-state index contributed by atoms with van der Waals surface area (Å²) < 4.78 is 10.8. The number of aryl methyl sites for hydroxylation is 1. The number of amides is 1. The summed E-state index contributed by atoms with van der Waals surface area (Å²) in [5.41, 5.74) is 2.77. The summed E-state index contributed by atoms with van der Waals surface area (Å²) in [4.78, 5) is 16.6. The molecule has 0 atom stereocenters. The van der Waals surface area contributed by atoms with E-state index in [4.69, 9.17) is 9.47 Å². The van der Waals surface area contributed by atoms with Crippen LogP contribution in [-0.2, 0) is 6.54 Å². The molecular formula is C23H25N3O3. The first-order valence-corrected chi connectivity index (χ1v) is 9.44. The minimum atomic E-state index is -0.145. The van der Waals surface area contributed by atoms with Gasteiger partial charge in [-0.25, -0.2) is 4.98 Å². The van der Waals surface area contributed by atoms with Gasteiger partial charge in [0.2, 0.25) is 0 Å². The van der Waals surface area contributed by atoms with Gasteiger partial charge in [0.05, 0.1) is 19.2 Å². The lowest BCUT2D eigenvalue weighted by atomic mass is 10.1. The maximum atomic E-state index is 12.3. The minimum absolute atomic E-state index is 0.145. The van der Waals surface area contributed by atoms with E-state index in [0.29, 0.717) is 31.1 Å². The smallest absolute Gasteiger partial charge is 0.253 e. The Morgan fingerprint density at radius 3 is 2.52 bits per heavy atom. The Morgan fingerprint density at radius 1 is 1.03 bits per heavy atom. The second-order valence-corrected chi connectivity index (χ2v) is 6.55. The third kappa shape index (κ3) is 6.24. The fourth-order valence-electron chi connectivity index (χ4n) is 2.76. The van der Waals surface area contributed by atoms with Crippen LogP contribution in [0.1, 0.15) is 21.5 Å². The van der Waals surface area contributed by atoms with Gasteiger partial charge in [-0.15, -0.1) is 0 Å². The number of benzene rings is 2. The van der Waals surface area contributed by atoms with Gasteiger partial charge in [-0.1, -0.05) is 29.8 Å². The van der Waals surface area contributed by atoms with E-state index in [1.165, 1.54) is 5.56 Å². The molecule has 0 saturated carbocycles. The van der Waals surface area contributed by atoms with Gasteiger partial charge in [0.1, 0.15) is 23.9 Å². The van der Waals surface area contributed by atoms with Crippen molar-refractivity contribution in [1.29, 1.82) is 0 Å². The molecule has 1 amide bonds. The largest absolute Gasteiger partial charge is 0.497 e. The fourth-order valence-corrected chi connectivity index (χ4v) is 2.76. The summed E-state index contributed by atoms with van der Waals surface area (Å²) in [7, 11) is 1.63. The molecule has 0 aliphatic heterocycles. The van der Waals surface area contributed by atoms with Crippen LogP contribution in [0.3, 0.4) is 0 Å². The Balaban J connectivity index is 1.41. The SMILES string of the molecule is COc1ccc(OCCNc2ccc(C(=O)NCc3cccc(C)c3)cn2)cc1. The van der Waals surface area contributed by atoms with Crippen molar-refractivity contribution in [3.05, 3.63) is 83.6 Å². The highest BCUT2D eigenvalue weighted by Gasteiger charge is 2.06. The fraction of sp³-hybridized carbons (Fsp3) is 0.217. The Kier molecular flexibility index (Phi) is 7.05. The molecule has 0 fully saturated rings. The van der Waals surface area contributed by atoms with Crippen molar-refractivity contribution in [2.45, 2.75) is 13.5 Å². The highest BCUT2D eigenvalue weighted by molar-refractivity contribution is 5.94. The second-order valence-electron chi connectivity index (χ2n) is 6.55. The minimum Gasteiger partial charge on any atom is -0.497 e. The molecule has 3 aromatic rings. The number of aromatic nitrogens is 1. The van der Waals surface area contributed by atoms with Crippen molar-refractivity contribution >= 4 is 11.7 Å². The van der Waals surface area contributed by atoms with Crippen LogP contribution in [0.4, 0.5) is 5.82 Å². The van der Waals surface area contributed by atoms with E-state index in [2.05, 4.69) is 21.7 Å². The molecule has 0 spiro atoms. The molecule has 0 bridgehead atoms. The monoisotopic (exact) mass is 391 g/mol. The topological polar surface area (TPSA) is 72.5 Å². The van der Waals surface area contributed by atoms with E-state index >= 15 is 0 Å². The number of nitrogens with one attached hydrogen (secondary N) is 2. The van der Waals surface area contributed by atoms with Crippen molar-refractivity contribution in [2.24, 2.45) is 0 Å². The zero-order valence-corrected chi connectivity index (χ0v) is 16.6. The van der Waals surface area contributed by atoms with Crippen molar-refractivity contribution in [3.63, 3.8) is 0 Å². The van der Waals surface area contributed by atoms with E-state index in [1.54, 1.807) is 25.4 Å². The van der Waals surface area contributed by atoms with Crippen LogP contribution in [0, 0.1) is 6.92 Å². The Bertz CT molecular complexity index is 925. The van der Waals surface area contributed by atoms with Crippen LogP contribution in [0.15, 0.2) is 66.9 Å². The van der Waals surface area contributed by atoms with Crippen LogP contribution in [0.5, 0.6) is 11.5 Å². The molecule has 6 heteroatoms. The molecule has 0 unspecified atom stereocenters. The summed E-state index contributed by atoms with van der Waals surface area (Å²) in [5.74, 6) is 2.12. The van der Waals surface area contributed by atoms with Crippen LogP contribution >= 0.6 is 0 Å². The molecule has 1 aromatic heterocycles. The highest BCUT2D eigenvalue weighted by atomic mass is 16.5. The van der Waals surface area contributed by atoms with E-state index < -0.39 is 0 Å². The maximum Gasteiger partial charge on any atom is 0.253 e. The van der Waals surface area contributed by atoms with E-state index in [-0.39, 0.29) is 5.91 Å². The molecule has 29 heavy (non-hydrogen) atoms. The van der Waals surface area contributed by atoms with Crippen molar-refractivity contribution in [2.75, 3.05) is 25.6 Å². The number of anilines is 1. The number of rotatable bonds is 9. The van der Waals surface area contributed by atoms with Gasteiger partial charge in [-0.3, -0.25) is 4.79 Å². The van der Waals surface area contributed by atoms with Crippen LogP contribution in [0.25, 0.3) is 0 Å². The predicted molar refractivity (Wildman–Crippen MR) is 114 cm³/mol. The van der Waals surface area contributed by atoms with Crippen molar-refractivity contribution < 1.29 is 14.3 Å². The molecule has 0 saturated heterocycles. The van der Waals surface area contributed by atoms with Crippen LogP contribution in [0.2, 0.25) is 0 Å². The lowest BCUT2D eigenvalue weighted by Crippen LogP contribution is -2.23. The Morgan fingerprint density at radius 2 is 1.83 bits per heavy atom. The molecule has 2 aromatic carbocycles. The normalized spacial score (nSPS) is 10.3. The maximum absolute atomic E-state index is 12.3. The van der Waals surface area contributed by atoms with Gasteiger partial charge in [-0.05, 0) is 48.9 Å². The molecule has 2 N–H and O–H groups in total. The first-order chi connectivity index (χ1) is 14.1. The van der Waals surface area contributed by atoms with Crippen LogP contribution < -0.4 is 20.1 Å². The summed E-state index contributed by atoms with van der Waals surface area (Å²) in [5, 5.41) is 6.09. The zero-order chi connectivity index (χ0) is 20.5. The highest BCUT2D eigenvalue weighted by Crippen LogP contribution is 2.16. The van der Waals surface area contributed by atoms with Crippen LogP contribution in [-0.4, -0.2) is 31.2 Å². The summed E-state index contributed by atoms with van der Waals surface area (Å²) in [6.45, 7) is 3.61. The number of ether oxygens (including phenoxy) is 2. The molecule has 3 rings (SSSR count). The Labute approximate surface area is 170 Å². The molecule has 0 aliphatic rings. The molecule has 6 nitrogen and oxygen atoms in total. The number of hydrogen-bond donors (Lipinski definition) is 2. The third-order valence-corrected chi connectivity index (χ3v) is 4.30. The first-order valence-electron chi connectivity index (χ1n) is 9.44. The number of hydrogen-bond acceptors (Lipinski definition) is 5. The average molecular weight is 391 g/mol. The molecule has 150 valence electrons. The number of nitrogens with zero attached hydrogens (tertiary/aromatic N) is 1. The van der Waals surface area contributed by atoms with Gasteiger partial charge in [0.15, 0.2) is 0 Å². The second kappa shape index (κ2) is 10.1. The quantitative estimate of drug-likeness (QED) is 0.543. The van der Waals surface area contributed by atoms with Gasteiger partial charge >= 0.3 is 0 Å². The zero-order valence-electron chi connectivity index (χ0n) is 16.6. The van der Waals surface area contributed by atoms with Gasteiger partial charge in [-0.2, -0.15) is 0 Å². The van der Waals surface area contributed by atoms with Gasteiger partial charge < -0.3 is 20.1 Å². The average Bonchev–Trinajstić information content (AvgIpc) is 2.76. The van der Waals surface area contributed by atoms with E-state index in [0.717, 1.165) is 17.1 Å². The standard InChI is InChI=1S/C23H25N3O3/c1-17-4-3-5-18(14-17)15-26-23(27)19-6-11-22(25-16-19)24-12-13-29-21-9-7-20(28-2)8-10-21/h3-11,14,16H,12-13,15H2,1-2H3,(H,24,25)(H,26,27). The van der Waals surface area contributed by atoms with E-state index in [1.807, 2.05) is 49.4 Å². The molecule has 0 radical (unpaired) electrons. The molecular weight excluding hydrogens is 366 g/mol. The molecule has 1 heterocycles. The van der Waals surface area contributed by atoms with Gasteiger partial charge in [0, 0.05) is 12.7 Å². The number of carbonyl (C=O) groups excluding carboxylic acids is 1. The lowest BCUT2D eigenvalue weighted by Gasteiger charge is -2.09. The van der Waals surface area contributed by atoms with Crippen molar-refractivity contribution in [1.82, 2.24) is 10.3 Å². The summed E-state index contributed by atoms with van der Waals surface area (Å²) >= 11 is 0. The Hall–Kier alpha value is -3.54. The van der Waals surface area contributed by atoms with Gasteiger partial charge in [0.25, 0.3) is 5.91 Å². The first kappa shape index (κ1) is 20.2. The summed E-state index contributed by atoms with van der Waals surface area (Å²) in [6, 6.07) is 19.0. The number of methoxy groups -OCH3 is 1. The number of carbonyl (C=O) groups is 1. The number of pyridine rings is 1. The lowest BCUT2D eigenvalue weighted by molar-refractivity contribution is 0.0950. The summed E-state index contributed by atoms with van der Waals surface area (Å²) in [6.07, 6.45) is 1.57. The molecule has 0 aliphatic carbocycles.